The number of benzene rings is 1. The average molecular weight is 246 g/mol. The Labute approximate surface area is 99.0 Å². The normalized spacial score (nSPS) is 19.0. The summed E-state index contributed by atoms with van der Waals surface area (Å²) in [5.41, 5.74) is 0.281. The number of likely N-dealkylation sites (tertiary alicyclic amines) is 1. The first-order valence-electron chi connectivity index (χ1n) is 5.48. The van der Waals surface area contributed by atoms with Gasteiger partial charge in [0.05, 0.1) is 5.02 Å². The summed E-state index contributed by atoms with van der Waals surface area (Å²) < 4.78 is 26.9. The van der Waals surface area contributed by atoms with Crippen LogP contribution in [0.2, 0.25) is 5.02 Å². The summed E-state index contributed by atoms with van der Waals surface area (Å²) in [5.74, 6) is -0.977. The SMILES string of the molecule is CC(c1c(F)ccc(F)c1Cl)N1CCCC1. The van der Waals surface area contributed by atoms with Gasteiger partial charge >= 0.3 is 0 Å². The fraction of sp³-hybridized carbons (Fsp3) is 0.500. The summed E-state index contributed by atoms with van der Waals surface area (Å²) in [7, 11) is 0. The van der Waals surface area contributed by atoms with Crippen molar-refractivity contribution in [3.8, 4) is 0 Å². The largest absolute Gasteiger partial charge is 0.296 e. The second-order valence-corrected chi connectivity index (χ2v) is 4.55. The van der Waals surface area contributed by atoms with Crippen LogP contribution in [0.1, 0.15) is 31.4 Å². The molecule has 0 aliphatic carbocycles. The molecule has 1 aliphatic rings. The molecule has 88 valence electrons. The minimum atomic E-state index is -0.552. The van der Waals surface area contributed by atoms with Gasteiger partial charge in [-0.15, -0.1) is 0 Å². The second kappa shape index (κ2) is 4.68. The molecule has 0 amide bonds. The maximum atomic E-state index is 13.7. The van der Waals surface area contributed by atoms with Gasteiger partial charge in [-0.25, -0.2) is 8.78 Å². The fourth-order valence-electron chi connectivity index (χ4n) is 2.24. The zero-order valence-corrected chi connectivity index (χ0v) is 9.90. The molecule has 1 fully saturated rings. The third-order valence-corrected chi connectivity index (χ3v) is 3.57. The van der Waals surface area contributed by atoms with Gasteiger partial charge in [0.1, 0.15) is 11.6 Å². The highest BCUT2D eigenvalue weighted by atomic mass is 35.5. The zero-order chi connectivity index (χ0) is 11.7. The standard InChI is InChI=1S/C12H14ClF2N/c1-8(16-6-2-3-7-16)11-9(14)4-5-10(15)12(11)13/h4-5,8H,2-3,6-7H2,1H3. The number of hydrogen-bond donors (Lipinski definition) is 0. The molecule has 1 atom stereocenters. The number of rotatable bonds is 2. The molecule has 0 radical (unpaired) electrons. The predicted molar refractivity (Wildman–Crippen MR) is 60.6 cm³/mol. The molecule has 1 saturated heterocycles. The molecular weight excluding hydrogens is 232 g/mol. The Morgan fingerprint density at radius 3 is 2.38 bits per heavy atom. The summed E-state index contributed by atoms with van der Waals surface area (Å²) in [5, 5.41) is -0.0839. The predicted octanol–water partition coefficient (Wildman–Crippen LogP) is 3.78. The minimum absolute atomic E-state index is 0.0839. The molecular formula is C12H14ClF2N. The van der Waals surface area contributed by atoms with Crippen molar-refractivity contribution < 1.29 is 8.78 Å². The first kappa shape index (κ1) is 11.8. The van der Waals surface area contributed by atoms with Gasteiger partial charge in [-0.3, -0.25) is 4.90 Å². The molecule has 1 unspecified atom stereocenters. The highest BCUT2D eigenvalue weighted by Crippen LogP contribution is 2.33. The maximum Gasteiger partial charge on any atom is 0.142 e. The van der Waals surface area contributed by atoms with Gasteiger partial charge in [-0.1, -0.05) is 11.6 Å². The van der Waals surface area contributed by atoms with E-state index in [2.05, 4.69) is 4.90 Å². The van der Waals surface area contributed by atoms with Crippen LogP contribution in [0.15, 0.2) is 12.1 Å². The minimum Gasteiger partial charge on any atom is -0.296 e. The summed E-state index contributed by atoms with van der Waals surface area (Å²) >= 11 is 5.83. The molecule has 4 heteroatoms. The van der Waals surface area contributed by atoms with E-state index in [1.165, 1.54) is 0 Å². The van der Waals surface area contributed by atoms with Crippen molar-refractivity contribution in [2.45, 2.75) is 25.8 Å². The molecule has 0 bridgehead atoms. The van der Waals surface area contributed by atoms with Crippen molar-refractivity contribution in [1.82, 2.24) is 4.90 Å². The molecule has 1 heterocycles. The third-order valence-electron chi connectivity index (χ3n) is 3.19. The van der Waals surface area contributed by atoms with E-state index in [0.717, 1.165) is 38.1 Å². The van der Waals surface area contributed by atoms with Crippen LogP contribution in [-0.2, 0) is 0 Å². The number of nitrogens with zero attached hydrogens (tertiary/aromatic N) is 1. The zero-order valence-electron chi connectivity index (χ0n) is 9.14. The van der Waals surface area contributed by atoms with Crippen molar-refractivity contribution in [3.05, 3.63) is 34.4 Å². The van der Waals surface area contributed by atoms with Crippen molar-refractivity contribution in [1.29, 1.82) is 0 Å². The van der Waals surface area contributed by atoms with Gasteiger partial charge < -0.3 is 0 Å². The quantitative estimate of drug-likeness (QED) is 0.717. The summed E-state index contributed by atoms with van der Waals surface area (Å²) in [6.45, 7) is 3.72. The van der Waals surface area contributed by atoms with E-state index in [0.29, 0.717) is 0 Å². The Hall–Kier alpha value is -0.670. The Morgan fingerprint density at radius 2 is 1.75 bits per heavy atom. The third kappa shape index (κ3) is 2.06. The van der Waals surface area contributed by atoms with Gasteiger partial charge in [0.2, 0.25) is 0 Å². The van der Waals surface area contributed by atoms with E-state index in [-0.39, 0.29) is 16.6 Å². The van der Waals surface area contributed by atoms with Gasteiger partial charge in [-0.05, 0) is 45.0 Å². The summed E-state index contributed by atoms with van der Waals surface area (Å²) in [4.78, 5) is 2.13. The second-order valence-electron chi connectivity index (χ2n) is 4.18. The van der Waals surface area contributed by atoms with Crippen LogP contribution in [0, 0.1) is 11.6 Å². The van der Waals surface area contributed by atoms with Crippen LogP contribution in [0.25, 0.3) is 0 Å². The van der Waals surface area contributed by atoms with Gasteiger partial charge in [-0.2, -0.15) is 0 Å². The van der Waals surface area contributed by atoms with Crippen molar-refractivity contribution in [2.24, 2.45) is 0 Å². The molecule has 16 heavy (non-hydrogen) atoms. The smallest absolute Gasteiger partial charge is 0.142 e. The first-order chi connectivity index (χ1) is 7.61. The van der Waals surface area contributed by atoms with Gasteiger partial charge in [0.15, 0.2) is 0 Å². The lowest BCUT2D eigenvalue weighted by Crippen LogP contribution is -2.24. The molecule has 1 aromatic rings. The Balaban J connectivity index is 2.34. The fourth-order valence-corrected chi connectivity index (χ4v) is 2.55. The van der Waals surface area contributed by atoms with E-state index in [4.69, 9.17) is 11.6 Å². The molecule has 1 nitrogen and oxygen atoms in total. The van der Waals surface area contributed by atoms with Crippen LogP contribution in [-0.4, -0.2) is 18.0 Å². The maximum absolute atomic E-state index is 13.7. The van der Waals surface area contributed by atoms with E-state index < -0.39 is 11.6 Å². The average Bonchev–Trinajstić information content (AvgIpc) is 2.77. The lowest BCUT2D eigenvalue weighted by Gasteiger charge is -2.25. The first-order valence-corrected chi connectivity index (χ1v) is 5.86. The topological polar surface area (TPSA) is 3.24 Å². The van der Waals surface area contributed by atoms with Crippen LogP contribution in [0.4, 0.5) is 8.78 Å². The monoisotopic (exact) mass is 245 g/mol. The van der Waals surface area contributed by atoms with Crippen LogP contribution < -0.4 is 0 Å². The summed E-state index contributed by atoms with van der Waals surface area (Å²) in [6.07, 6.45) is 2.22. The lowest BCUT2D eigenvalue weighted by atomic mass is 10.1. The Bertz CT molecular complexity index is 389. The number of halogens is 3. The number of hydrogen-bond acceptors (Lipinski definition) is 1. The van der Waals surface area contributed by atoms with E-state index in [9.17, 15) is 8.78 Å². The van der Waals surface area contributed by atoms with Crippen molar-refractivity contribution in [2.75, 3.05) is 13.1 Å². The highest BCUT2D eigenvalue weighted by molar-refractivity contribution is 6.31. The van der Waals surface area contributed by atoms with E-state index in [1.54, 1.807) is 0 Å². The van der Waals surface area contributed by atoms with Crippen molar-refractivity contribution >= 4 is 11.6 Å². The molecule has 0 saturated carbocycles. The van der Waals surface area contributed by atoms with Gasteiger partial charge in [0, 0.05) is 11.6 Å². The van der Waals surface area contributed by atoms with Crippen LogP contribution >= 0.6 is 11.6 Å². The lowest BCUT2D eigenvalue weighted by molar-refractivity contribution is 0.257. The Morgan fingerprint density at radius 1 is 1.19 bits per heavy atom. The molecule has 0 spiro atoms. The molecule has 1 aromatic carbocycles. The van der Waals surface area contributed by atoms with E-state index in [1.807, 2.05) is 6.92 Å². The van der Waals surface area contributed by atoms with Crippen LogP contribution in [0.5, 0.6) is 0 Å². The highest BCUT2D eigenvalue weighted by Gasteiger charge is 2.25. The van der Waals surface area contributed by atoms with Gasteiger partial charge in [0.25, 0.3) is 0 Å². The summed E-state index contributed by atoms with van der Waals surface area (Å²) in [6, 6.07) is 2.05. The molecule has 2 rings (SSSR count). The molecule has 1 aliphatic heterocycles. The van der Waals surface area contributed by atoms with E-state index >= 15 is 0 Å². The molecule has 0 aromatic heterocycles. The van der Waals surface area contributed by atoms with Crippen LogP contribution in [0.3, 0.4) is 0 Å². The Kier molecular flexibility index (Phi) is 3.45. The molecule has 0 N–H and O–H groups in total. The van der Waals surface area contributed by atoms with Crippen molar-refractivity contribution in [3.63, 3.8) is 0 Å².